The standard InChI is InChI=1S/C20H30O2/c1-6-9-11-16-15(8-3)19-17(21)12-14(10-7-2)13-18(19)22-20(16,4)5/h8,12-13,15-16,21H,3,6-7,9-11H2,1-2,4-5H3/t15-,16-/m1/s1. The lowest BCUT2D eigenvalue weighted by atomic mass is 9.71. The summed E-state index contributed by atoms with van der Waals surface area (Å²) in [6.07, 6.45) is 7.45. The molecule has 0 fully saturated rings. The van der Waals surface area contributed by atoms with Crippen LogP contribution in [0.1, 0.15) is 70.4 Å². The van der Waals surface area contributed by atoms with E-state index in [1.165, 1.54) is 12.8 Å². The lowest BCUT2D eigenvalue weighted by molar-refractivity contribution is 0.0123. The van der Waals surface area contributed by atoms with Gasteiger partial charge in [-0.25, -0.2) is 0 Å². The molecule has 2 rings (SSSR count). The van der Waals surface area contributed by atoms with Crippen LogP contribution in [0.15, 0.2) is 24.8 Å². The summed E-state index contributed by atoms with van der Waals surface area (Å²) >= 11 is 0. The van der Waals surface area contributed by atoms with Gasteiger partial charge in [0.15, 0.2) is 0 Å². The van der Waals surface area contributed by atoms with Crippen LogP contribution in [-0.4, -0.2) is 10.7 Å². The van der Waals surface area contributed by atoms with E-state index in [2.05, 4.69) is 40.3 Å². The number of fused-ring (bicyclic) bond motifs is 1. The number of unbranched alkanes of at least 4 members (excludes halogenated alkanes) is 1. The van der Waals surface area contributed by atoms with Gasteiger partial charge in [-0.15, -0.1) is 6.58 Å². The Morgan fingerprint density at radius 2 is 2.00 bits per heavy atom. The second-order valence-corrected chi connectivity index (χ2v) is 6.99. The Bertz CT molecular complexity index is 531. The highest BCUT2D eigenvalue weighted by Crippen LogP contribution is 2.51. The molecule has 0 aliphatic carbocycles. The van der Waals surface area contributed by atoms with Crippen LogP contribution in [0.2, 0.25) is 0 Å². The minimum atomic E-state index is -0.238. The van der Waals surface area contributed by atoms with E-state index in [0.717, 1.165) is 36.1 Å². The molecule has 2 heteroatoms. The van der Waals surface area contributed by atoms with Crippen molar-refractivity contribution < 1.29 is 9.84 Å². The van der Waals surface area contributed by atoms with E-state index < -0.39 is 0 Å². The fraction of sp³-hybridized carbons (Fsp3) is 0.600. The van der Waals surface area contributed by atoms with Crippen LogP contribution in [0.3, 0.4) is 0 Å². The van der Waals surface area contributed by atoms with Crippen LogP contribution in [0.4, 0.5) is 0 Å². The summed E-state index contributed by atoms with van der Waals surface area (Å²) in [6, 6.07) is 4.00. The van der Waals surface area contributed by atoms with Gasteiger partial charge in [0.05, 0.1) is 0 Å². The van der Waals surface area contributed by atoms with Crippen LogP contribution >= 0.6 is 0 Å². The van der Waals surface area contributed by atoms with E-state index in [4.69, 9.17) is 4.74 Å². The molecule has 0 bridgehead atoms. The molecule has 1 aromatic carbocycles. The van der Waals surface area contributed by atoms with Crippen molar-refractivity contribution in [3.63, 3.8) is 0 Å². The van der Waals surface area contributed by atoms with Gasteiger partial charge in [0.2, 0.25) is 0 Å². The molecule has 1 heterocycles. The van der Waals surface area contributed by atoms with Gasteiger partial charge < -0.3 is 9.84 Å². The van der Waals surface area contributed by atoms with Gasteiger partial charge >= 0.3 is 0 Å². The number of ether oxygens (including phenoxy) is 1. The van der Waals surface area contributed by atoms with Crippen molar-refractivity contribution in [1.29, 1.82) is 0 Å². The van der Waals surface area contributed by atoms with Crippen LogP contribution in [0.5, 0.6) is 11.5 Å². The molecule has 1 aromatic rings. The molecule has 22 heavy (non-hydrogen) atoms. The maximum absolute atomic E-state index is 10.6. The molecule has 1 N–H and O–H groups in total. The van der Waals surface area contributed by atoms with Gasteiger partial charge in [0.1, 0.15) is 17.1 Å². The number of phenolic OH excluding ortho intramolecular Hbond substituents is 1. The number of aryl methyl sites for hydroxylation is 1. The third-order valence-corrected chi connectivity index (χ3v) is 4.87. The van der Waals surface area contributed by atoms with Crippen molar-refractivity contribution in [3.05, 3.63) is 35.9 Å². The molecule has 122 valence electrons. The molecular formula is C20H30O2. The minimum absolute atomic E-state index is 0.154. The molecular weight excluding hydrogens is 272 g/mol. The highest BCUT2D eigenvalue weighted by Gasteiger charge is 2.43. The Morgan fingerprint density at radius 1 is 1.27 bits per heavy atom. The van der Waals surface area contributed by atoms with Crippen molar-refractivity contribution >= 4 is 0 Å². The average Bonchev–Trinajstić information content (AvgIpc) is 2.44. The molecule has 0 aromatic heterocycles. The Labute approximate surface area is 135 Å². The number of aromatic hydroxyl groups is 1. The highest BCUT2D eigenvalue weighted by molar-refractivity contribution is 5.53. The number of rotatable bonds is 6. The van der Waals surface area contributed by atoms with E-state index in [1.807, 2.05) is 12.1 Å². The third kappa shape index (κ3) is 3.16. The monoisotopic (exact) mass is 302 g/mol. The Morgan fingerprint density at radius 3 is 2.59 bits per heavy atom. The summed E-state index contributed by atoms with van der Waals surface area (Å²) in [5.41, 5.74) is 1.83. The maximum Gasteiger partial charge on any atom is 0.127 e. The van der Waals surface area contributed by atoms with Crippen molar-refractivity contribution in [2.45, 2.75) is 71.3 Å². The lowest BCUT2D eigenvalue weighted by Crippen LogP contribution is -2.44. The summed E-state index contributed by atoms with van der Waals surface area (Å²) in [5, 5.41) is 10.6. The highest BCUT2D eigenvalue weighted by atomic mass is 16.5. The summed E-state index contributed by atoms with van der Waals surface area (Å²) in [5.74, 6) is 1.70. The SMILES string of the molecule is C=C[C@H]1c2c(O)cc(CCC)cc2OC(C)(C)[C@@H]1CCCC. The minimum Gasteiger partial charge on any atom is -0.507 e. The molecule has 0 radical (unpaired) electrons. The fourth-order valence-corrected chi connectivity index (χ4v) is 3.75. The second-order valence-electron chi connectivity index (χ2n) is 6.99. The molecule has 1 aliphatic rings. The van der Waals surface area contributed by atoms with Crippen LogP contribution in [-0.2, 0) is 6.42 Å². The molecule has 0 amide bonds. The molecule has 0 saturated carbocycles. The van der Waals surface area contributed by atoms with Crippen LogP contribution in [0, 0.1) is 5.92 Å². The zero-order valence-electron chi connectivity index (χ0n) is 14.5. The van der Waals surface area contributed by atoms with Crippen molar-refractivity contribution in [3.8, 4) is 11.5 Å². The largest absolute Gasteiger partial charge is 0.507 e. The normalized spacial score (nSPS) is 22.7. The van der Waals surface area contributed by atoms with Crippen molar-refractivity contribution in [2.24, 2.45) is 5.92 Å². The van der Waals surface area contributed by atoms with Crippen molar-refractivity contribution in [1.82, 2.24) is 0 Å². The molecule has 0 spiro atoms. The van der Waals surface area contributed by atoms with Gasteiger partial charge in [-0.05, 0) is 44.4 Å². The van der Waals surface area contributed by atoms with Gasteiger partial charge in [0, 0.05) is 17.4 Å². The van der Waals surface area contributed by atoms with Gasteiger partial charge in [-0.2, -0.15) is 0 Å². The number of allylic oxidation sites excluding steroid dienone is 1. The predicted molar refractivity (Wildman–Crippen MR) is 92.8 cm³/mol. The van der Waals surface area contributed by atoms with E-state index in [9.17, 15) is 5.11 Å². The average molecular weight is 302 g/mol. The smallest absolute Gasteiger partial charge is 0.127 e. The molecule has 2 nitrogen and oxygen atoms in total. The van der Waals surface area contributed by atoms with Crippen molar-refractivity contribution in [2.75, 3.05) is 0 Å². The first-order chi connectivity index (χ1) is 10.4. The summed E-state index contributed by atoms with van der Waals surface area (Å²) < 4.78 is 6.32. The fourth-order valence-electron chi connectivity index (χ4n) is 3.75. The maximum atomic E-state index is 10.6. The number of benzene rings is 1. The first-order valence-electron chi connectivity index (χ1n) is 8.61. The molecule has 2 atom stereocenters. The predicted octanol–water partition coefficient (Wildman–Crippen LogP) is 5.59. The Kier molecular flexibility index (Phi) is 5.20. The molecule has 0 unspecified atom stereocenters. The first-order valence-corrected chi connectivity index (χ1v) is 8.61. The van der Waals surface area contributed by atoms with Crippen LogP contribution < -0.4 is 4.74 Å². The van der Waals surface area contributed by atoms with Gasteiger partial charge in [-0.1, -0.05) is 39.2 Å². The summed E-state index contributed by atoms with van der Waals surface area (Å²) in [7, 11) is 0. The number of hydrogen-bond acceptors (Lipinski definition) is 2. The summed E-state index contributed by atoms with van der Waals surface area (Å²) in [4.78, 5) is 0. The van der Waals surface area contributed by atoms with E-state index in [1.54, 1.807) is 0 Å². The first kappa shape index (κ1) is 16.9. The van der Waals surface area contributed by atoms with Gasteiger partial charge in [0.25, 0.3) is 0 Å². The van der Waals surface area contributed by atoms with E-state index in [0.29, 0.717) is 11.7 Å². The third-order valence-electron chi connectivity index (χ3n) is 4.87. The molecule has 0 saturated heterocycles. The second kappa shape index (κ2) is 6.76. The zero-order valence-corrected chi connectivity index (χ0v) is 14.5. The Hall–Kier alpha value is -1.44. The number of hydrogen-bond donors (Lipinski definition) is 1. The number of phenols is 1. The quantitative estimate of drug-likeness (QED) is 0.694. The topological polar surface area (TPSA) is 29.5 Å². The molecule has 1 aliphatic heterocycles. The van der Waals surface area contributed by atoms with Gasteiger partial charge in [-0.3, -0.25) is 0 Å². The van der Waals surface area contributed by atoms with E-state index in [-0.39, 0.29) is 11.5 Å². The summed E-state index contributed by atoms with van der Waals surface area (Å²) in [6.45, 7) is 12.7. The Balaban J connectivity index is 2.47. The zero-order chi connectivity index (χ0) is 16.3. The van der Waals surface area contributed by atoms with E-state index >= 15 is 0 Å². The van der Waals surface area contributed by atoms with Crippen LogP contribution in [0.25, 0.3) is 0 Å². The lowest BCUT2D eigenvalue weighted by Gasteiger charge is -2.44.